The van der Waals surface area contributed by atoms with Gasteiger partial charge in [-0.3, -0.25) is 4.68 Å². The highest BCUT2D eigenvalue weighted by molar-refractivity contribution is 5.84. The van der Waals surface area contributed by atoms with Crippen LogP contribution in [0.25, 0.3) is 22.0 Å². The highest BCUT2D eigenvalue weighted by atomic mass is 19.1. The van der Waals surface area contributed by atoms with Crippen LogP contribution in [0.15, 0.2) is 36.5 Å². The Morgan fingerprint density at radius 3 is 2.58 bits per heavy atom. The van der Waals surface area contributed by atoms with Crippen LogP contribution in [0.1, 0.15) is 5.56 Å². The highest BCUT2D eigenvalue weighted by Crippen LogP contribution is 2.28. The van der Waals surface area contributed by atoms with Gasteiger partial charge in [0.2, 0.25) is 0 Å². The van der Waals surface area contributed by atoms with E-state index in [1.807, 2.05) is 6.20 Å². The molecule has 4 heteroatoms. The summed E-state index contributed by atoms with van der Waals surface area (Å²) in [6, 6.07) is 7.80. The SMILES string of the molecule is Cc1ccc(-c2cc3cn(C)nc3cc2F)cc1F. The maximum absolute atomic E-state index is 14.1. The first-order valence-corrected chi connectivity index (χ1v) is 5.94. The molecule has 0 radical (unpaired) electrons. The van der Waals surface area contributed by atoms with Crippen LogP contribution >= 0.6 is 0 Å². The minimum Gasteiger partial charge on any atom is -0.275 e. The van der Waals surface area contributed by atoms with Gasteiger partial charge in [-0.1, -0.05) is 12.1 Å². The van der Waals surface area contributed by atoms with Crippen molar-refractivity contribution in [3.63, 3.8) is 0 Å². The lowest BCUT2D eigenvalue weighted by Gasteiger charge is -2.05. The quantitative estimate of drug-likeness (QED) is 0.648. The number of nitrogens with zero attached hydrogens (tertiary/aromatic N) is 2. The summed E-state index contributed by atoms with van der Waals surface area (Å²) in [5, 5.41) is 4.98. The Labute approximate surface area is 109 Å². The number of halogens is 2. The number of hydrogen-bond donors (Lipinski definition) is 0. The Bertz CT molecular complexity index is 775. The molecule has 3 aromatic rings. The fourth-order valence-corrected chi connectivity index (χ4v) is 2.15. The van der Waals surface area contributed by atoms with E-state index >= 15 is 0 Å². The van der Waals surface area contributed by atoms with Gasteiger partial charge in [0.05, 0.1) is 5.52 Å². The molecule has 19 heavy (non-hydrogen) atoms. The number of aryl methyl sites for hydroxylation is 2. The van der Waals surface area contributed by atoms with E-state index < -0.39 is 5.82 Å². The summed E-state index contributed by atoms with van der Waals surface area (Å²) in [6.07, 6.45) is 1.81. The van der Waals surface area contributed by atoms with Gasteiger partial charge in [-0.25, -0.2) is 8.78 Å². The van der Waals surface area contributed by atoms with Crippen LogP contribution in [-0.2, 0) is 7.05 Å². The fourth-order valence-electron chi connectivity index (χ4n) is 2.15. The molecule has 0 aliphatic carbocycles. The van der Waals surface area contributed by atoms with Crippen LogP contribution in [0.2, 0.25) is 0 Å². The second kappa shape index (κ2) is 4.16. The first-order valence-electron chi connectivity index (χ1n) is 5.94. The molecule has 0 spiro atoms. The van der Waals surface area contributed by atoms with E-state index in [2.05, 4.69) is 5.10 Å². The average molecular weight is 258 g/mol. The maximum atomic E-state index is 14.1. The largest absolute Gasteiger partial charge is 0.275 e. The zero-order valence-electron chi connectivity index (χ0n) is 10.6. The van der Waals surface area contributed by atoms with Gasteiger partial charge in [0.1, 0.15) is 11.6 Å². The number of rotatable bonds is 1. The van der Waals surface area contributed by atoms with Gasteiger partial charge < -0.3 is 0 Å². The van der Waals surface area contributed by atoms with Crippen molar-refractivity contribution in [1.29, 1.82) is 0 Å². The third kappa shape index (κ3) is 1.99. The van der Waals surface area contributed by atoms with E-state index in [1.54, 1.807) is 36.9 Å². The number of hydrogen-bond acceptors (Lipinski definition) is 1. The smallest absolute Gasteiger partial charge is 0.133 e. The Morgan fingerprint density at radius 1 is 1.05 bits per heavy atom. The minimum atomic E-state index is -0.394. The lowest BCUT2D eigenvalue weighted by molar-refractivity contribution is 0.617. The monoisotopic (exact) mass is 258 g/mol. The second-order valence-electron chi connectivity index (χ2n) is 4.66. The van der Waals surface area contributed by atoms with Crippen LogP contribution < -0.4 is 0 Å². The van der Waals surface area contributed by atoms with Crippen molar-refractivity contribution in [2.75, 3.05) is 0 Å². The summed E-state index contributed by atoms with van der Waals surface area (Å²) < 4.78 is 29.3. The van der Waals surface area contributed by atoms with Crippen molar-refractivity contribution in [3.05, 3.63) is 53.7 Å². The third-order valence-electron chi connectivity index (χ3n) is 3.19. The molecular formula is C15H12F2N2. The average Bonchev–Trinajstić information content (AvgIpc) is 2.71. The predicted octanol–water partition coefficient (Wildman–Crippen LogP) is 3.83. The Hall–Kier alpha value is -2.23. The Kier molecular flexibility index (Phi) is 2.59. The molecule has 0 N–H and O–H groups in total. The fraction of sp³-hybridized carbons (Fsp3) is 0.133. The lowest BCUT2D eigenvalue weighted by atomic mass is 10.0. The molecule has 2 nitrogen and oxygen atoms in total. The standard InChI is InChI=1S/C15H12F2N2/c1-9-3-4-10(6-13(9)16)12-5-11-8-19(2)18-15(11)7-14(12)17/h3-8H,1-2H3. The predicted molar refractivity (Wildman–Crippen MR) is 70.8 cm³/mol. The summed E-state index contributed by atoms with van der Waals surface area (Å²) in [6.45, 7) is 1.68. The Morgan fingerprint density at radius 2 is 1.84 bits per heavy atom. The first kappa shape index (κ1) is 11.8. The summed E-state index contributed by atoms with van der Waals surface area (Å²) in [4.78, 5) is 0. The number of aromatic nitrogens is 2. The van der Waals surface area contributed by atoms with E-state index in [1.165, 1.54) is 12.1 Å². The van der Waals surface area contributed by atoms with Gasteiger partial charge in [0.15, 0.2) is 0 Å². The molecule has 0 aliphatic rings. The van der Waals surface area contributed by atoms with Gasteiger partial charge in [0, 0.05) is 30.3 Å². The molecule has 2 aromatic carbocycles. The molecule has 0 bridgehead atoms. The van der Waals surface area contributed by atoms with E-state index in [0.29, 0.717) is 22.2 Å². The molecular weight excluding hydrogens is 246 g/mol. The van der Waals surface area contributed by atoms with E-state index in [-0.39, 0.29) is 5.82 Å². The van der Waals surface area contributed by atoms with Gasteiger partial charge in [-0.05, 0) is 30.2 Å². The molecule has 0 saturated heterocycles. The number of benzene rings is 2. The van der Waals surface area contributed by atoms with E-state index in [9.17, 15) is 8.78 Å². The summed E-state index contributed by atoms with van der Waals surface area (Å²) in [7, 11) is 1.78. The van der Waals surface area contributed by atoms with Crippen LogP contribution in [0.3, 0.4) is 0 Å². The molecule has 0 aliphatic heterocycles. The van der Waals surface area contributed by atoms with Gasteiger partial charge in [-0.15, -0.1) is 0 Å². The lowest BCUT2D eigenvalue weighted by Crippen LogP contribution is -1.88. The topological polar surface area (TPSA) is 17.8 Å². The van der Waals surface area contributed by atoms with E-state index in [4.69, 9.17) is 0 Å². The molecule has 1 aromatic heterocycles. The molecule has 3 rings (SSSR count). The maximum Gasteiger partial charge on any atom is 0.133 e. The van der Waals surface area contributed by atoms with Crippen LogP contribution in [0.4, 0.5) is 8.78 Å². The third-order valence-corrected chi connectivity index (χ3v) is 3.19. The zero-order chi connectivity index (χ0) is 13.6. The second-order valence-corrected chi connectivity index (χ2v) is 4.66. The molecule has 1 heterocycles. The first-order chi connectivity index (χ1) is 9.04. The van der Waals surface area contributed by atoms with Crippen LogP contribution in [-0.4, -0.2) is 9.78 Å². The van der Waals surface area contributed by atoms with Gasteiger partial charge in [0.25, 0.3) is 0 Å². The zero-order valence-corrected chi connectivity index (χ0v) is 10.6. The Balaban J connectivity index is 2.23. The molecule has 96 valence electrons. The van der Waals surface area contributed by atoms with Crippen molar-refractivity contribution < 1.29 is 8.78 Å². The molecule has 0 unspecified atom stereocenters. The molecule has 0 amide bonds. The van der Waals surface area contributed by atoms with Crippen LogP contribution in [0, 0.1) is 18.6 Å². The summed E-state index contributed by atoms with van der Waals surface area (Å²) in [5.41, 5.74) is 2.06. The van der Waals surface area contributed by atoms with Crippen molar-refractivity contribution in [2.24, 2.45) is 7.05 Å². The van der Waals surface area contributed by atoms with Gasteiger partial charge >= 0.3 is 0 Å². The molecule has 0 saturated carbocycles. The normalized spacial score (nSPS) is 11.2. The van der Waals surface area contributed by atoms with Crippen LogP contribution in [0.5, 0.6) is 0 Å². The molecule has 0 fully saturated rings. The van der Waals surface area contributed by atoms with E-state index in [0.717, 1.165) is 5.39 Å². The summed E-state index contributed by atoms with van der Waals surface area (Å²) >= 11 is 0. The van der Waals surface area contributed by atoms with Crippen molar-refractivity contribution in [1.82, 2.24) is 9.78 Å². The number of fused-ring (bicyclic) bond motifs is 1. The minimum absolute atomic E-state index is 0.330. The van der Waals surface area contributed by atoms with Crippen molar-refractivity contribution in [3.8, 4) is 11.1 Å². The van der Waals surface area contributed by atoms with Crippen molar-refractivity contribution in [2.45, 2.75) is 6.92 Å². The highest BCUT2D eigenvalue weighted by Gasteiger charge is 2.10. The molecule has 0 atom stereocenters. The van der Waals surface area contributed by atoms with Gasteiger partial charge in [-0.2, -0.15) is 5.10 Å². The summed E-state index contributed by atoms with van der Waals surface area (Å²) in [5.74, 6) is -0.724. The van der Waals surface area contributed by atoms with Crippen molar-refractivity contribution >= 4 is 10.9 Å².